The third-order valence-corrected chi connectivity index (χ3v) is 4.55. The van der Waals surface area contributed by atoms with Crippen molar-refractivity contribution in [3.8, 4) is 0 Å². The highest BCUT2D eigenvalue weighted by Crippen LogP contribution is 2.34. The van der Waals surface area contributed by atoms with Crippen molar-refractivity contribution in [2.45, 2.75) is 18.9 Å². The number of hydrogen-bond donors (Lipinski definition) is 0. The second-order valence-corrected chi connectivity index (χ2v) is 5.81. The Kier molecular flexibility index (Phi) is 4.13. The van der Waals surface area contributed by atoms with E-state index in [4.69, 9.17) is 16.3 Å². The van der Waals surface area contributed by atoms with Crippen molar-refractivity contribution in [1.82, 2.24) is 4.90 Å². The number of halogens is 1. The molecular weight excluding hydrogens is 286 g/mol. The van der Waals surface area contributed by atoms with Crippen molar-refractivity contribution in [2.24, 2.45) is 0 Å². The second kappa shape index (κ2) is 6.04. The highest BCUT2D eigenvalue weighted by atomic mass is 35.5. The molecule has 0 fully saturated rings. The predicted octanol–water partition coefficient (Wildman–Crippen LogP) is 3.52. The number of carbonyl (C=O) groups excluding carboxylic acids is 1. The summed E-state index contributed by atoms with van der Waals surface area (Å²) < 4.78 is 5.01. The summed E-state index contributed by atoms with van der Waals surface area (Å²) >= 11 is 6.29. The Morgan fingerprint density at radius 3 is 2.95 bits per heavy atom. The monoisotopic (exact) mass is 303 g/mol. The quantitative estimate of drug-likeness (QED) is 0.800. The number of benzene rings is 1. The number of hydrogen-bond acceptors (Lipinski definition) is 3. The average Bonchev–Trinajstić information content (AvgIpc) is 2.97. The number of ether oxygens (including phenoxy) is 1. The summed E-state index contributed by atoms with van der Waals surface area (Å²) in [5.41, 5.74) is 3.65. The fraction of sp³-hybridized carbons (Fsp3) is 0.353. The Hall–Kier alpha value is -1.58. The first kappa shape index (κ1) is 14.4. The van der Waals surface area contributed by atoms with Gasteiger partial charge in [0.1, 0.15) is 6.04 Å². The standard InChI is InChI=1S/C17H18ClNO2/c1-21-17(20)16(14-7-2-3-8-15(14)18)19-10-9-12-5-4-6-13(12)11-19/h2-4,6-8,16H,5,9-11H2,1H3/t16-/m1/s1. The van der Waals surface area contributed by atoms with E-state index in [9.17, 15) is 4.79 Å². The maximum absolute atomic E-state index is 12.3. The van der Waals surface area contributed by atoms with Crippen molar-refractivity contribution in [3.63, 3.8) is 0 Å². The van der Waals surface area contributed by atoms with Gasteiger partial charge < -0.3 is 4.74 Å². The van der Waals surface area contributed by atoms with E-state index < -0.39 is 6.04 Å². The molecule has 1 aromatic carbocycles. The Balaban J connectivity index is 1.92. The summed E-state index contributed by atoms with van der Waals surface area (Å²) in [6.07, 6.45) is 6.41. The first-order valence-corrected chi connectivity index (χ1v) is 7.52. The van der Waals surface area contributed by atoms with Gasteiger partial charge in [-0.15, -0.1) is 0 Å². The van der Waals surface area contributed by atoms with Crippen molar-refractivity contribution >= 4 is 17.6 Å². The zero-order valence-corrected chi connectivity index (χ0v) is 12.8. The van der Waals surface area contributed by atoms with Gasteiger partial charge in [-0.05, 0) is 30.0 Å². The second-order valence-electron chi connectivity index (χ2n) is 5.40. The molecule has 0 bridgehead atoms. The molecule has 0 spiro atoms. The van der Waals surface area contributed by atoms with E-state index in [1.165, 1.54) is 18.3 Å². The molecule has 1 heterocycles. The highest BCUT2D eigenvalue weighted by molar-refractivity contribution is 6.31. The summed E-state index contributed by atoms with van der Waals surface area (Å²) in [4.78, 5) is 14.5. The fourth-order valence-corrected chi connectivity index (χ4v) is 3.34. The minimum atomic E-state index is -0.438. The lowest BCUT2D eigenvalue weighted by atomic mass is 9.98. The van der Waals surface area contributed by atoms with E-state index in [-0.39, 0.29) is 5.97 Å². The van der Waals surface area contributed by atoms with E-state index >= 15 is 0 Å². The maximum atomic E-state index is 12.3. The van der Waals surface area contributed by atoms with Crippen LogP contribution in [-0.4, -0.2) is 31.1 Å². The van der Waals surface area contributed by atoms with Crippen LogP contribution in [0, 0.1) is 0 Å². The summed E-state index contributed by atoms with van der Waals surface area (Å²) in [6.45, 7) is 1.63. The summed E-state index contributed by atoms with van der Waals surface area (Å²) in [6, 6.07) is 7.06. The fourth-order valence-electron chi connectivity index (χ4n) is 3.10. The number of esters is 1. The van der Waals surface area contributed by atoms with E-state index in [0.29, 0.717) is 5.02 Å². The molecule has 1 aliphatic carbocycles. The van der Waals surface area contributed by atoms with Crippen molar-refractivity contribution in [3.05, 3.63) is 58.1 Å². The van der Waals surface area contributed by atoms with Crippen LogP contribution in [0.1, 0.15) is 24.4 Å². The minimum Gasteiger partial charge on any atom is -0.468 e. The molecule has 1 atom stereocenters. The minimum absolute atomic E-state index is 0.255. The number of nitrogens with zero attached hydrogens (tertiary/aromatic N) is 1. The lowest BCUT2D eigenvalue weighted by Crippen LogP contribution is -2.39. The van der Waals surface area contributed by atoms with Gasteiger partial charge >= 0.3 is 5.97 Å². The molecule has 0 unspecified atom stereocenters. The molecule has 21 heavy (non-hydrogen) atoms. The lowest BCUT2D eigenvalue weighted by molar-refractivity contribution is -0.147. The van der Waals surface area contributed by atoms with Crippen LogP contribution >= 0.6 is 11.6 Å². The van der Waals surface area contributed by atoms with Crippen molar-refractivity contribution in [2.75, 3.05) is 20.2 Å². The molecule has 0 N–H and O–H groups in total. The molecule has 0 amide bonds. The number of carbonyl (C=O) groups is 1. The smallest absolute Gasteiger partial charge is 0.327 e. The van der Waals surface area contributed by atoms with Crippen LogP contribution in [0.2, 0.25) is 5.02 Å². The Labute approximate surface area is 129 Å². The summed E-state index contributed by atoms with van der Waals surface area (Å²) in [5, 5.41) is 0.606. The Morgan fingerprint density at radius 2 is 2.19 bits per heavy atom. The molecule has 3 nitrogen and oxygen atoms in total. The van der Waals surface area contributed by atoms with Gasteiger partial charge in [-0.2, -0.15) is 0 Å². The largest absolute Gasteiger partial charge is 0.468 e. The molecule has 110 valence electrons. The van der Waals surface area contributed by atoms with Gasteiger partial charge in [0.15, 0.2) is 0 Å². The SMILES string of the molecule is COC(=O)[C@@H](c1ccccc1Cl)N1CCC2=C(C=CC2)C1. The van der Waals surface area contributed by atoms with E-state index in [2.05, 4.69) is 17.1 Å². The van der Waals surface area contributed by atoms with E-state index in [1.54, 1.807) is 0 Å². The highest BCUT2D eigenvalue weighted by Gasteiger charge is 2.33. The van der Waals surface area contributed by atoms with E-state index in [0.717, 1.165) is 31.5 Å². The van der Waals surface area contributed by atoms with Gasteiger partial charge in [-0.25, -0.2) is 4.79 Å². The van der Waals surface area contributed by atoms with Crippen molar-refractivity contribution in [1.29, 1.82) is 0 Å². The van der Waals surface area contributed by atoms with Gasteiger partial charge in [-0.1, -0.05) is 47.5 Å². The molecule has 3 rings (SSSR count). The van der Waals surface area contributed by atoms with Crippen molar-refractivity contribution < 1.29 is 9.53 Å². The normalized spacial score (nSPS) is 19.5. The maximum Gasteiger partial charge on any atom is 0.327 e. The molecule has 4 heteroatoms. The first-order chi connectivity index (χ1) is 10.2. The third kappa shape index (κ3) is 2.76. The molecule has 0 saturated heterocycles. The zero-order chi connectivity index (χ0) is 14.8. The predicted molar refractivity (Wildman–Crippen MR) is 83.2 cm³/mol. The molecule has 2 aliphatic rings. The average molecular weight is 304 g/mol. The molecule has 1 aromatic rings. The molecule has 0 aromatic heterocycles. The van der Waals surface area contributed by atoms with Crippen LogP contribution in [0.3, 0.4) is 0 Å². The topological polar surface area (TPSA) is 29.5 Å². The van der Waals surface area contributed by atoms with Gasteiger partial charge in [0, 0.05) is 18.1 Å². The third-order valence-electron chi connectivity index (χ3n) is 4.20. The van der Waals surface area contributed by atoms with Gasteiger partial charge in [0.25, 0.3) is 0 Å². The number of methoxy groups -OCH3 is 1. The van der Waals surface area contributed by atoms with Crippen LogP contribution in [0.5, 0.6) is 0 Å². The molecule has 0 radical (unpaired) electrons. The zero-order valence-electron chi connectivity index (χ0n) is 12.0. The Morgan fingerprint density at radius 1 is 1.38 bits per heavy atom. The van der Waals surface area contributed by atoms with Gasteiger partial charge in [0.2, 0.25) is 0 Å². The van der Waals surface area contributed by atoms with Crippen LogP contribution in [0.15, 0.2) is 47.6 Å². The van der Waals surface area contributed by atoms with Crippen LogP contribution < -0.4 is 0 Å². The number of rotatable bonds is 3. The van der Waals surface area contributed by atoms with Gasteiger partial charge in [0.05, 0.1) is 7.11 Å². The molecule has 0 saturated carbocycles. The molecule has 1 aliphatic heterocycles. The summed E-state index contributed by atoms with van der Waals surface area (Å²) in [7, 11) is 1.43. The van der Waals surface area contributed by atoms with Crippen LogP contribution in [0.25, 0.3) is 0 Å². The van der Waals surface area contributed by atoms with E-state index in [1.807, 2.05) is 24.3 Å². The van der Waals surface area contributed by atoms with Crippen LogP contribution in [-0.2, 0) is 9.53 Å². The molecular formula is C17H18ClNO2. The lowest BCUT2D eigenvalue weighted by Gasteiger charge is -2.34. The van der Waals surface area contributed by atoms with Gasteiger partial charge in [-0.3, -0.25) is 4.90 Å². The Bertz CT molecular complexity index is 621. The summed E-state index contributed by atoms with van der Waals surface area (Å²) in [5.74, 6) is -0.255. The first-order valence-electron chi connectivity index (χ1n) is 7.14. The van der Waals surface area contributed by atoms with Crippen LogP contribution in [0.4, 0.5) is 0 Å². The number of allylic oxidation sites excluding steroid dienone is 1.